The molecule has 0 bridgehead atoms. The number of carbonyl (C=O) groups is 1. The van der Waals surface area contributed by atoms with Crippen LogP contribution >= 0.6 is 0 Å². The predicted octanol–water partition coefficient (Wildman–Crippen LogP) is 2.61. The van der Waals surface area contributed by atoms with Crippen molar-refractivity contribution >= 4 is 5.91 Å². The van der Waals surface area contributed by atoms with E-state index in [0.717, 1.165) is 12.1 Å². The Morgan fingerprint density at radius 1 is 1.36 bits per heavy atom. The van der Waals surface area contributed by atoms with Gasteiger partial charge in [0.05, 0.1) is 11.8 Å². The molecule has 5 nitrogen and oxygen atoms in total. The second-order valence-corrected chi connectivity index (χ2v) is 5.98. The predicted molar refractivity (Wildman–Crippen MR) is 86.4 cm³/mol. The first-order valence-electron chi connectivity index (χ1n) is 8.04. The smallest absolute Gasteiger partial charge is 0.220 e. The van der Waals surface area contributed by atoms with E-state index in [-0.39, 0.29) is 48.6 Å². The number of aliphatic hydroxyl groups is 1. The van der Waals surface area contributed by atoms with E-state index < -0.39 is 11.6 Å². The fourth-order valence-electron chi connectivity index (χ4n) is 2.76. The van der Waals surface area contributed by atoms with Gasteiger partial charge in [-0.3, -0.25) is 4.79 Å². The summed E-state index contributed by atoms with van der Waals surface area (Å²) in [7, 11) is 0. The molecular formula is C18H18F2N2O3. The number of rotatable bonds is 6. The average Bonchev–Trinajstić information content (AvgIpc) is 3.22. The van der Waals surface area contributed by atoms with Gasteiger partial charge in [-0.05, 0) is 18.6 Å². The van der Waals surface area contributed by atoms with Crippen LogP contribution in [0.4, 0.5) is 8.78 Å². The lowest BCUT2D eigenvalue weighted by atomic mass is 10.1. The first-order valence-corrected chi connectivity index (χ1v) is 8.04. The van der Waals surface area contributed by atoms with Crippen LogP contribution in [0.2, 0.25) is 0 Å². The molecule has 2 N–H and O–H groups in total. The fraction of sp³-hybridized carbons (Fsp3) is 0.333. The van der Waals surface area contributed by atoms with Gasteiger partial charge in [-0.25, -0.2) is 13.8 Å². The number of amides is 1. The van der Waals surface area contributed by atoms with Crippen LogP contribution in [-0.2, 0) is 11.2 Å². The molecule has 2 aromatic rings. The van der Waals surface area contributed by atoms with Crippen LogP contribution in [0.25, 0.3) is 11.3 Å². The molecule has 1 amide bonds. The zero-order valence-corrected chi connectivity index (χ0v) is 13.4. The van der Waals surface area contributed by atoms with E-state index in [9.17, 15) is 13.6 Å². The number of benzene rings is 1. The maximum absolute atomic E-state index is 13.7. The molecule has 2 atom stereocenters. The number of halogens is 2. The molecule has 0 aliphatic heterocycles. The van der Waals surface area contributed by atoms with Gasteiger partial charge in [-0.15, -0.1) is 0 Å². The number of hydrogen-bond acceptors (Lipinski definition) is 4. The summed E-state index contributed by atoms with van der Waals surface area (Å²) in [6, 6.07) is 3.13. The summed E-state index contributed by atoms with van der Waals surface area (Å²) in [6.45, 7) is 0.0713. The molecule has 132 valence electrons. The second-order valence-electron chi connectivity index (χ2n) is 5.98. The molecule has 0 saturated carbocycles. The maximum Gasteiger partial charge on any atom is 0.220 e. The van der Waals surface area contributed by atoms with Crippen molar-refractivity contribution in [2.75, 3.05) is 6.61 Å². The molecule has 0 unspecified atom stereocenters. The summed E-state index contributed by atoms with van der Waals surface area (Å²) in [4.78, 5) is 16.0. The third kappa shape index (κ3) is 4.30. The van der Waals surface area contributed by atoms with E-state index in [2.05, 4.69) is 10.3 Å². The van der Waals surface area contributed by atoms with Crippen molar-refractivity contribution in [1.29, 1.82) is 0 Å². The normalized spacial score (nSPS) is 19.3. The van der Waals surface area contributed by atoms with Crippen molar-refractivity contribution in [3.8, 4) is 11.3 Å². The van der Waals surface area contributed by atoms with Gasteiger partial charge >= 0.3 is 0 Å². The van der Waals surface area contributed by atoms with Crippen LogP contribution < -0.4 is 5.32 Å². The Balaban J connectivity index is 1.53. The van der Waals surface area contributed by atoms with E-state index in [1.807, 2.05) is 12.2 Å². The van der Waals surface area contributed by atoms with Crippen LogP contribution in [0.5, 0.6) is 0 Å². The number of aromatic nitrogens is 1. The average molecular weight is 348 g/mol. The molecule has 1 aliphatic carbocycles. The topological polar surface area (TPSA) is 75.4 Å². The monoisotopic (exact) mass is 348 g/mol. The minimum Gasteiger partial charge on any atom is -0.441 e. The number of aliphatic hydroxyl groups excluding tert-OH is 1. The number of nitrogens with one attached hydrogen (secondary N) is 1. The van der Waals surface area contributed by atoms with Gasteiger partial charge < -0.3 is 14.8 Å². The van der Waals surface area contributed by atoms with E-state index in [0.29, 0.717) is 12.3 Å². The summed E-state index contributed by atoms with van der Waals surface area (Å²) in [5.74, 6) is -0.957. The van der Waals surface area contributed by atoms with Crippen LogP contribution in [0.15, 0.2) is 41.0 Å². The second kappa shape index (κ2) is 7.57. The number of hydrogen-bond donors (Lipinski definition) is 2. The Labute approximate surface area is 143 Å². The Hall–Kier alpha value is -2.54. The summed E-state index contributed by atoms with van der Waals surface area (Å²) in [6.07, 6.45) is 6.26. The molecule has 0 fully saturated rings. The van der Waals surface area contributed by atoms with Crippen molar-refractivity contribution < 1.29 is 23.1 Å². The van der Waals surface area contributed by atoms with Gasteiger partial charge in [0, 0.05) is 37.5 Å². The van der Waals surface area contributed by atoms with Crippen LogP contribution in [-0.4, -0.2) is 28.6 Å². The SMILES string of the molecule is O=C(CCc1ncc(-c2ccc(F)cc2F)o1)N[C@@H]1C=C[C@H](CO)C1. The van der Waals surface area contributed by atoms with E-state index in [1.54, 1.807) is 0 Å². The third-order valence-corrected chi connectivity index (χ3v) is 4.07. The highest BCUT2D eigenvalue weighted by molar-refractivity contribution is 5.76. The molecule has 7 heteroatoms. The minimum absolute atomic E-state index is 0.0712. The minimum atomic E-state index is -0.730. The summed E-state index contributed by atoms with van der Waals surface area (Å²) < 4.78 is 32.1. The Morgan fingerprint density at radius 2 is 2.20 bits per heavy atom. The molecule has 25 heavy (non-hydrogen) atoms. The van der Waals surface area contributed by atoms with Crippen molar-refractivity contribution in [3.05, 3.63) is 54.1 Å². The first-order chi connectivity index (χ1) is 12.0. The Kier molecular flexibility index (Phi) is 5.23. The summed E-state index contributed by atoms with van der Waals surface area (Å²) >= 11 is 0. The van der Waals surface area contributed by atoms with Gasteiger partial charge in [0.25, 0.3) is 0 Å². The number of oxazole rings is 1. The highest BCUT2D eigenvalue weighted by atomic mass is 19.1. The summed E-state index contributed by atoms with van der Waals surface area (Å²) in [5, 5.41) is 11.9. The molecule has 0 saturated heterocycles. The standard InChI is InChI=1S/C18H18F2N2O3/c19-12-2-4-14(15(20)8-12)16-9-21-18(25-16)6-5-17(24)22-13-3-1-11(7-13)10-23/h1-4,8-9,11,13,23H,5-7,10H2,(H,22,24)/t11-,13+/m0/s1. The zero-order chi connectivity index (χ0) is 17.8. The Morgan fingerprint density at radius 3 is 2.92 bits per heavy atom. The molecular weight excluding hydrogens is 330 g/mol. The lowest BCUT2D eigenvalue weighted by molar-refractivity contribution is -0.121. The number of nitrogens with zero attached hydrogens (tertiary/aromatic N) is 1. The maximum atomic E-state index is 13.7. The van der Waals surface area contributed by atoms with E-state index in [1.165, 1.54) is 12.3 Å². The van der Waals surface area contributed by atoms with E-state index in [4.69, 9.17) is 9.52 Å². The molecule has 1 aromatic heterocycles. The van der Waals surface area contributed by atoms with Crippen molar-refractivity contribution in [1.82, 2.24) is 10.3 Å². The Bertz CT molecular complexity index is 788. The highest BCUT2D eigenvalue weighted by Crippen LogP contribution is 2.24. The van der Waals surface area contributed by atoms with E-state index >= 15 is 0 Å². The first kappa shape index (κ1) is 17.3. The largest absolute Gasteiger partial charge is 0.441 e. The number of aryl methyl sites for hydroxylation is 1. The lowest BCUT2D eigenvalue weighted by Crippen LogP contribution is -2.33. The summed E-state index contributed by atoms with van der Waals surface area (Å²) in [5.41, 5.74) is 0.121. The fourth-order valence-corrected chi connectivity index (χ4v) is 2.76. The van der Waals surface area contributed by atoms with Gasteiger partial charge in [0.1, 0.15) is 11.6 Å². The molecule has 1 heterocycles. The highest BCUT2D eigenvalue weighted by Gasteiger charge is 2.20. The van der Waals surface area contributed by atoms with Crippen molar-refractivity contribution in [2.45, 2.75) is 25.3 Å². The third-order valence-electron chi connectivity index (χ3n) is 4.07. The molecule has 1 aliphatic rings. The lowest BCUT2D eigenvalue weighted by Gasteiger charge is -2.12. The molecule has 0 radical (unpaired) electrons. The van der Waals surface area contributed by atoms with Gasteiger partial charge in [0.15, 0.2) is 11.7 Å². The zero-order valence-electron chi connectivity index (χ0n) is 13.4. The van der Waals surface area contributed by atoms with Gasteiger partial charge in [0.2, 0.25) is 5.91 Å². The van der Waals surface area contributed by atoms with Crippen LogP contribution in [0.3, 0.4) is 0 Å². The van der Waals surface area contributed by atoms with Crippen LogP contribution in [0.1, 0.15) is 18.7 Å². The molecule has 3 rings (SSSR count). The van der Waals surface area contributed by atoms with Crippen molar-refractivity contribution in [3.63, 3.8) is 0 Å². The van der Waals surface area contributed by atoms with Crippen molar-refractivity contribution in [2.24, 2.45) is 5.92 Å². The van der Waals surface area contributed by atoms with Gasteiger partial charge in [-0.1, -0.05) is 12.2 Å². The van der Waals surface area contributed by atoms with Crippen LogP contribution in [0, 0.1) is 17.6 Å². The number of carbonyl (C=O) groups excluding carboxylic acids is 1. The molecule has 1 aromatic carbocycles. The quantitative estimate of drug-likeness (QED) is 0.787. The van der Waals surface area contributed by atoms with Gasteiger partial charge in [-0.2, -0.15) is 0 Å². The molecule has 0 spiro atoms.